The van der Waals surface area contributed by atoms with Crippen molar-refractivity contribution in [2.45, 2.75) is 32.4 Å². The van der Waals surface area contributed by atoms with E-state index in [2.05, 4.69) is 24.4 Å². The molecule has 3 nitrogen and oxygen atoms in total. The summed E-state index contributed by atoms with van der Waals surface area (Å²) in [4.78, 5) is 0. The summed E-state index contributed by atoms with van der Waals surface area (Å²) in [6, 6.07) is 11.4. The maximum atomic E-state index is 9.12. The van der Waals surface area contributed by atoms with Crippen molar-refractivity contribution >= 4 is 0 Å². The lowest BCUT2D eigenvalue weighted by molar-refractivity contribution is 0.501. The summed E-state index contributed by atoms with van der Waals surface area (Å²) >= 11 is 0. The number of rotatable bonds is 4. The number of benzene rings is 1. The van der Waals surface area contributed by atoms with Crippen LogP contribution < -0.4 is 5.32 Å². The van der Waals surface area contributed by atoms with Gasteiger partial charge in [-0.05, 0) is 19.4 Å². The van der Waals surface area contributed by atoms with Crippen LogP contribution in [0.2, 0.25) is 0 Å². The average Bonchev–Trinajstić information content (AvgIpc) is 2.35. The third-order valence-corrected chi connectivity index (χ3v) is 2.58. The number of hydrogen-bond acceptors (Lipinski definition) is 3. The summed E-state index contributed by atoms with van der Waals surface area (Å²) < 4.78 is 0. The molecule has 0 saturated carbocycles. The molecule has 0 aliphatic carbocycles. The molecule has 0 radical (unpaired) electrons. The van der Waals surface area contributed by atoms with Crippen molar-refractivity contribution in [2.24, 2.45) is 0 Å². The number of hydrogen-bond donors (Lipinski definition) is 1. The molecule has 0 bridgehead atoms. The van der Waals surface area contributed by atoms with E-state index in [9.17, 15) is 0 Å². The summed E-state index contributed by atoms with van der Waals surface area (Å²) in [5.41, 5.74) is 1.32. The smallest absolute Gasteiger partial charge is 0.122 e. The first-order chi connectivity index (χ1) is 7.72. The standard InChI is InChI=1S/C13H15N3/c1-3-10(2)16-13(9-15)12-7-5-4-6-11(12)8-14/h4-7,10,13,16H,3H2,1-2H3. The minimum atomic E-state index is -0.411. The quantitative estimate of drug-likeness (QED) is 0.836. The van der Waals surface area contributed by atoms with E-state index in [-0.39, 0.29) is 6.04 Å². The SMILES string of the molecule is CCC(C)NC(C#N)c1ccccc1C#N. The Morgan fingerprint density at radius 3 is 2.56 bits per heavy atom. The van der Waals surface area contributed by atoms with Crippen LogP contribution in [-0.4, -0.2) is 6.04 Å². The van der Waals surface area contributed by atoms with E-state index in [4.69, 9.17) is 10.5 Å². The normalized spacial score (nSPS) is 13.5. The molecule has 1 aromatic rings. The minimum Gasteiger partial charge on any atom is -0.296 e. The molecule has 0 saturated heterocycles. The molecular weight excluding hydrogens is 198 g/mol. The molecule has 3 heteroatoms. The summed E-state index contributed by atoms with van der Waals surface area (Å²) in [5, 5.41) is 21.3. The van der Waals surface area contributed by atoms with E-state index in [0.717, 1.165) is 12.0 Å². The Hall–Kier alpha value is -1.84. The number of nitrogens with zero attached hydrogens (tertiary/aromatic N) is 2. The highest BCUT2D eigenvalue weighted by Crippen LogP contribution is 2.17. The molecule has 0 aromatic heterocycles. The highest BCUT2D eigenvalue weighted by Gasteiger charge is 2.15. The first-order valence-electron chi connectivity index (χ1n) is 5.37. The van der Waals surface area contributed by atoms with E-state index in [1.807, 2.05) is 19.1 Å². The zero-order valence-electron chi connectivity index (χ0n) is 9.57. The Bertz CT molecular complexity index is 426. The first kappa shape index (κ1) is 12.2. The molecule has 0 spiro atoms. The first-order valence-corrected chi connectivity index (χ1v) is 5.37. The number of nitrogens with one attached hydrogen (secondary N) is 1. The second-order valence-electron chi connectivity index (χ2n) is 3.74. The van der Waals surface area contributed by atoms with Crippen LogP contribution >= 0.6 is 0 Å². The van der Waals surface area contributed by atoms with E-state index < -0.39 is 6.04 Å². The van der Waals surface area contributed by atoms with Crippen molar-refractivity contribution in [1.82, 2.24) is 5.32 Å². The highest BCUT2D eigenvalue weighted by molar-refractivity contribution is 5.41. The van der Waals surface area contributed by atoms with Crippen LogP contribution in [0, 0.1) is 22.7 Å². The van der Waals surface area contributed by atoms with Crippen LogP contribution in [0.5, 0.6) is 0 Å². The Kier molecular flexibility index (Phi) is 4.51. The van der Waals surface area contributed by atoms with Crippen LogP contribution in [0.4, 0.5) is 0 Å². The van der Waals surface area contributed by atoms with Crippen LogP contribution in [0.15, 0.2) is 24.3 Å². The molecule has 0 heterocycles. The second-order valence-corrected chi connectivity index (χ2v) is 3.74. The Morgan fingerprint density at radius 2 is 2.00 bits per heavy atom. The molecule has 1 aromatic carbocycles. The molecular formula is C13H15N3. The van der Waals surface area contributed by atoms with Gasteiger partial charge in [-0.1, -0.05) is 25.1 Å². The molecule has 0 aliphatic heterocycles. The predicted molar refractivity (Wildman–Crippen MR) is 62.4 cm³/mol. The molecule has 0 aliphatic rings. The summed E-state index contributed by atoms with van der Waals surface area (Å²) in [6.07, 6.45) is 0.951. The van der Waals surface area contributed by atoms with Crippen molar-refractivity contribution in [3.05, 3.63) is 35.4 Å². The van der Waals surface area contributed by atoms with Gasteiger partial charge in [0.05, 0.1) is 17.7 Å². The molecule has 2 unspecified atom stereocenters. The van der Waals surface area contributed by atoms with Gasteiger partial charge in [-0.2, -0.15) is 10.5 Å². The molecule has 82 valence electrons. The van der Waals surface area contributed by atoms with E-state index in [1.54, 1.807) is 12.1 Å². The Morgan fingerprint density at radius 1 is 1.31 bits per heavy atom. The highest BCUT2D eigenvalue weighted by atomic mass is 14.9. The molecule has 2 atom stereocenters. The maximum absolute atomic E-state index is 9.12. The molecule has 16 heavy (non-hydrogen) atoms. The fraction of sp³-hybridized carbons (Fsp3) is 0.385. The molecule has 1 N–H and O–H groups in total. The zero-order valence-corrected chi connectivity index (χ0v) is 9.57. The lowest BCUT2D eigenvalue weighted by atomic mass is 10.0. The van der Waals surface area contributed by atoms with E-state index >= 15 is 0 Å². The lowest BCUT2D eigenvalue weighted by Gasteiger charge is -2.17. The van der Waals surface area contributed by atoms with Gasteiger partial charge in [0.15, 0.2) is 0 Å². The van der Waals surface area contributed by atoms with Crippen molar-refractivity contribution in [3.63, 3.8) is 0 Å². The predicted octanol–water partition coefficient (Wildman–Crippen LogP) is 2.51. The summed E-state index contributed by atoms with van der Waals surface area (Å²) in [7, 11) is 0. The third-order valence-electron chi connectivity index (χ3n) is 2.58. The van der Waals surface area contributed by atoms with Crippen molar-refractivity contribution in [1.29, 1.82) is 10.5 Å². The van der Waals surface area contributed by atoms with Gasteiger partial charge in [-0.15, -0.1) is 0 Å². The second kappa shape index (κ2) is 5.90. The lowest BCUT2D eigenvalue weighted by Crippen LogP contribution is -2.29. The summed E-state index contributed by atoms with van der Waals surface area (Å²) in [6.45, 7) is 4.08. The average molecular weight is 213 g/mol. The fourth-order valence-corrected chi connectivity index (χ4v) is 1.45. The Labute approximate surface area is 96.3 Å². The van der Waals surface area contributed by atoms with Crippen molar-refractivity contribution < 1.29 is 0 Å². The Balaban J connectivity index is 2.97. The van der Waals surface area contributed by atoms with Gasteiger partial charge in [0, 0.05) is 11.6 Å². The third kappa shape index (κ3) is 2.82. The topological polar surface area (TPSA) is 59.6 Å². The number of nitriles is 2. The van der Waals surface area contributed by atoms with Crippen LogP contribution in [0.1, 0.15) is 37.4 Å². The molecule has 0 amide bonds. The largest absolute Gasteiger partial charge is 0.296 e. The van der Waals surface area contributed by atoms with Crippen LogP contribution in [0.25, 0.3) is 0 Å². The van der Waals surface area contributed by atoms with Gasteiger partial charge in [0.1, 0.15) is 6.04 Å². The zero-order chi connectivity index (χ0) is 12.0. The van der Waals surface area contributed by atoms with Gasteiger partial charge < -0.3 is 0 Å². The van der Waals surface area contributed by atoms with Crippen LogP contribution in [-0.2, 0) is 0 Å². The van der Waals surface area contributed by atoms with Crippen LogP contribution in [0.3, 0.4) is 0 Å². The van der Waals surface area contributed by atoms with Gasteiger partial charge in [-0.25, -0.2) is 0 Å². The summed E-state index contributed by atoms with van der Waals surface area (Å²) in [5.74, 6) is 0. The van der Waals surface area contributed by atoms with Gasteiger partial charge >= 0.3 is 0 Å². The minimum absolute atomic E-state index is 0.261. The molecule has 1 rings (SSSR count). The van der Waals surface area contributed by atoms with Crippen molar-refractivity contribution in [2.75, 3.05) is 0 Å². The molecule has 0 fully saturated rings. The van der Waals surface area contributed by atoms with Gasteiger partial charge in [0.25, 0.3) is 0 Å². The van der Waals surface area contributed by atoms with Gasteiger partial charge in [0.2, 0.25) is 0 Å². The fourth-order valence-electron chi connectivity index (χ4n) is 1.45. The van der Waals surface area contributed by atoms with E-state index in [0.29, 0.717) is 5.56 Å². The van der Waals surface area contributed by atoms with Gasteiger partial charge in [-0.3, -0.25) is 5.32 Å². The monoisotopic (exact) mass is 213 g/mol. The van der Waals surface area contributed by atoms with Crippen molar-refractivity contribution in [3.8, 4) is 12.1 Å². The van der Waals surface area contributed by atoms with E-state index in [1.165, 1.54) is 0 Å². The maximum Gasteiger partial charge on any atom is 0.122 e.